The Labute approximate surface area is 157 Å². The van der Waals surface area contributed by atoms with Gasteiger partial charge in [0.25, 0.3) is 0 Å². The first-order valence-corrected chi connectivity index (χ1v) is 8.26. The van der Waals surface area contributed by atoms with E-state index in [1.165, 1.54) is 5.56 Å². The number of nitrogens with one attached hydrogen (secondary N) is 1. The fourth-order valence-electron chi connectivity index (χ4n) is 2.19. The summed E-state index contributed by atoms with van der Waals surface area (Å²) >= 11 is 5.94. The third-order valence-corrected chi connectivity index (χ3v) is 3.62. The molecule has 0 spiro atoms. The van der Waals surface area contributed by atoms with Gasteiger partial charge in [-0.15, -0.1) is 0 Å². The van der Waals surface area contributed by atoms with Gasteiger partial charge >= 0.3 is 11.9 Å². The highest BCUT2D eigenvalue weighted by molar-refractivity contribution is 6.30. The van der Waals surface area contributed by atoms with Crippen LogP contribution < -0.4 is 5.32 Å². The molecule has 0 radical (unpaired) electrons. The van der Waals surface area contributed by atoms with E-state index in [0.29, 0.717) is 18.1 Å². The van der Waals surface area contributed by atoms with Crippen LogP contribution in [0.2, 0.25) is 5.02 Å². The van der Waals surface area contributed by atoms with Crippen LogP contribution in [0.15, 0.2) is 60.8 Å². The van der Waals surface area contributed by atoms with Gasteiger partial charge in [-0.1, -0.05) is 29.8 Å². The molecule has 138 valence electrons. The number of carbonyl (C=O) groups is 2. The molecule has 6 nitrogen and oxygen atoms in total. The predicted molar refractivity (Wildman–Crippen MR) is 100 cm³/mol. The maximum atomic E-state index is 9.55. The molecule has 0 saturated carbocycles. The number of hydrogen-bond donors (Lipinski definition) is 3. The van der Waals surface area contributed by atoms with E-state index >= 15 is 0 Å². The molecule has 7 heteroatoms. The minimum absolute atomic E-state index is 0.316. The number of hydrogen-bond acceptors (Lipinski definition) is 4. The summed E-state index contributed by atoms with van der Waals surface area (Å²) in [6.45, 7) is 0.962. The summed E-state index contributed by atoms with van der Waals surface area (Å²) < 4.78 is 0. The number of aromatic nitrogens is 1. The van der Waals surface area contributed by atoms with Gasteiger partial charge in [-0.25, -0.2) is 9.59 Å². The Morgan fingerprint density at radius 1 is 1.12 bits per heavy atom. The number of carboxylic acids is 2. The smallest absolute Gasteiger partial charge is 0.328 e. The second-order valence-electron chi connectivity index (χ2n) is 5.26. The van der Waals surface area contributed by atoms with E-state index in [9.17, 15) is 9.59 Å². The molecule has 0 aliphatic heterocycles. The summed E-state index contributed by atoms with van der Waals surface area (Å²) in [4.78, 5) is 23.6. The van der Waals surface area contributed by atoms with Crippen molar-refractivity contribution in [3.05, 3.63) is 77.1 Å². The van der Waals surface area contributed by atoms with Gasteiger partial charge in [0.2, 0.25) is 0 Å². The van der Waals surface area contributed by atoms with Gasteiger partial charge in [-0.3, -0.25) is 4.98 Å². The predicted octanol–water partition coefficient (Wildman–Crippen LogP) is 3.19. The van der Waals surface area contributed by atoms with Crippen LogP contribution in [0.4, 0.5) is 0 Å². The van der Waals surface area contributed by atoms with Crippen molar-refractivity contribution in [3.8, 4) is 0 Å². The Hall–Kier alpha value is -2.70. The normalized spacial score (nSPS) is 11.5. The molecule has 1 heterocycles. The molecular formula is C19H21ClN2O4. The third-order valence-electron chi connectivity index (χ3n) is 3.37. The summed E-state index contributed by atoms with van der Waals surface area (Å²) in [7, 11) is 1.97. The molecule has 2 aromatic rings. The van der Waals surface area contributed by atoms with Crippen LogP contribution in [-0.2, 0) is 9.59 Å². The van der Waals surface area contributed by atoms with E-state index < -0.39 is 11.9 Å². The highest BCUT2D eigenvalue weighted by Crippen LogP contribution is 2.27. The van der Waals surface area contributed by atoms with Crippen molar-refractivity contribution in [2.75, 3.05) is 13.6 Å². The quantitative estimate of drug-likeness (QED) is 0.642. The molecule has 1 unspecified atom stereocenters. The largest absolute Gasteiger partial charge is 0.478 e. The highest BCUT2D eigenvalue weighted by atomic mass is 35.5. The second kappa shape index (κ2) is 11.8. The van der Waals surface area contributed by atoms with Crippen LogP contribution in [0.1, 0.15) is 23.6 Å². The minimum Gasteiger partial charge on any atom is -0.478 e. The molecular weight excluding hydrogens is 356 g/mol. The van der Waals surface area contributed by atoms with Crippen LogP contribution >= 0.6 is 11.6 Å². The molecule has 0 amide bonds. The molecule has 0 saturated heterocycles. The lowest BCUT2D eigenvalue weighted by Crippen LogP contribution is -2.13. The van der Waals surface area contributed by atoms with Crippen LogP contribution in [0.5, 0.6) is 0 Å². The molecule has 0 bridgehead atoms. The van der Waals surface area contributed by atoms with E-state index in [4.69, 9.17) is 21.8 Å². The first-order chi connectivity index (χ1) is 12.4. The first kappa shape index (κ1) is 21.3. The van der Waals surface area contributed by atoms with E-state index in [2.05, 4.69) is 28.5 Å². The molecule has 1 aromatic carbocycles. The lowest BCUT2D eigenvalue weighted by atomic mass is 9.92. The SMILES string of the molecule is CNCCC(c1ccc(Cl)cc1)c1ccccn1.O=C(O)/C=C\C(=O)O. The Balaban J connectivity index is 0.000000359. The number of pyridine rings is 1. The zero-order chi connectivity index (χ0) is 19.4. The van der Waals surface area contributed by atoms with Crippen LogP contribution in [-0.4, -0.2) is 40.7 Å². The van der Waals surface area contributed by atoms with Gasteiger partial charge < -0.3 is 15.5 Å². The summed E-state index contributed by atoms with van der Waals surface area (Å²) in [5, 5.41) is 19.6. The molecule has 0 aliphatic rings. The van der Waals surface area contributed by atoms with Crippen molar-refractivity contribution < 1.29 is 19.8 Å². The molecule has 1 aromatic heterocycles. The molecule has 3 N–H and O–H groups in total. The maximum Gasteiger partial charge on any atom is 0.328 e. The maximum absolute atomic E-state index is 9.55. The Kier molecular flexibility index (Phi) is 9.67. The molecule has 0 fully saturated rings. The number of nitrogens with zero attached hydrogens (tertiary/aromatic N) is 1. The van der Waals surface area contributed by atoms with Crippen molar-refractivity contribution in [2.24, 2.45) is 0 Å². The number of rotatable bonds is 7. The van der Waals surface area contributed by atoms with Crippen molar-refractivity contribution >= 4 is 23.5 Å². The summed E-state index contributed by atoms with van der Waals surface area (Å²) in [6, 6.07) is 14.1. The Morgan fingerprint density at radius 2 is 1.73 bits per heavy atom. The molecule has 26 heavy (non-hydrogen) atoms. The summed E-state index contributed by atoms with van der Waals surface area (Å²) in [6.07, 6.45) is 3.98. The van der Waals surface area contributed by atoms with Gasteiger partial charge in [-0.2, -0.15) is 0 Å². The zero-order valence-corrected chi connectivity index (χ0v) is 15.1. The Morgan fingerprint density at radius 3 is 2.19 bits per heavy atom. The monoisotopic (exact) mass is 376 g/mol. The van der Waals surface area contributed by atoms with E-state index in [-0.39, 0.29) is 0 Å². The topological polar surface area (TPSA) is 99.5 Å². The van der Waals surface area contributed by atoms with Gasteiger partial charge in [0, 0.05) is 35.0 Å². The third kappa shape index (κ3) is 8.41. The molecule has 1 atom stereocenters. The minimum atomic E-state index is -1.26. The summed E-state index contributed by atoms with van der Waals surface area (Å²) in [5.41, 5.74) is 2.36. The van der Waals surface area contributed by atoms with Crippen LogP contribution in [0.25, 0.3) is 0 Å². The van der Waals surface area contributed by atoms with E-state index in [0.717, 1.165) is 23.7 Å². The van der Waals surface area contributed by atoms with Gasteiger partial charge in [0.05, 0.1) is 0 Å². The van der Waals surface area contributed by atoms with Gasteiger partial charge in [0.15, 0.2) is 0 Å². The lowest BCUT2D eigenvalue weighted by molar-refractivity contribution is -0.134. The molecule has 0 aliphatic carbocycles. The van der Waals surface area contributed by atoms with Crippen molar-refractivity contribution in [1.82, 2.24) is 10.3 Å². The fourth-order valence-corrected chi connectivity index (χ4v) is 2.32. The highest BCUT2D eigenvalue weighted by Gasteiger charge is 2.14. The van der Waals surface area contributed by atoms with Crippen molar-refractivity contribution in [2.45, 2.75) is 12.3 Å². The average Bonchev–Trinajstić information content (AvgIpc) is 2.63. The Bertz CT molecular complexity index is 702. The van der Waals surface area contributed by atoms with E-state index in [1.54, 1.807) is 0 Å². The number of halogens is 1. The second-order valence-corrected chi connectivity index (χ2v) is 5.70. The zero-order valence-electron chi connectivity index (χ0n) is 14.3. The fraction of sp³-hybridized carbons (Fsp3) is 0.211. The van der Waals surface area contributed by atoms with Gasteiger partial charge in [-0.05, 0) is 49.8 Å². The number of aliphatic carboxylic acids is 2. The van der Waals surface area contributed by atoms with Crippen molar-refractivity contribution in [1.29, 1.82) is 0 Å². The first-order valence-electron chi connectivity index (χ1n) is 7.89. The van der Waals surface area contributed by atoms with Crippen LogP contribution in [0, 0.1) is 0 Å². The van der Waals surface area contributed by atoms with E-state index in [1.807, 2.05) is 37.5 Å². The van der Waals surface area contributed by atoms with Crippen molar-refractivity contribution in [3.63, 3.8) is 0 Å². The summed E-state index contributed by atoms with van der Waals surface area (Å²) in [5.74, 6) is -2.20. The van der Waals surface area contributed by atoms with Crippen LogP contribution in [0.3, 0.4) is 0 Å². The number of benzene rings is 1. The lowest BCUT2D eigenvalue weighted by Gasteiger charge is -2.16. The average molecular weight is 377 g/mol. The number of carboxylic acid groups (broad SMARTS) is 2. The molecule has 2 rings (SSSR count). The standard InChI is InChI=1S/C15H17ClN2.C4H4O4/c1-17-11-9-14(15-4-2-3-10-18-15)12-5-7-13(16)8-6-12;5-3(6)1-2-4(7)8/h2-8,10,14,17H,9,11H2,1H3;1-2H,(H,5,6)(H,7,8)/b;2-1-. The van der Waals surface area contributed by atoms with Gasteiger partial charge in [0.1, 0.15) is 0 Å².